The summed E-state index contributed by atoms with van der Waals surface area (Å²) >= 11 is 0. The molecule has 2 aromatic rings. The molecule has 3 N–H and O–H groups in total. The fourth-order valence-corrected chi connectivity index (χ4v) is 2.27. The van der Waals surface area contributed by atoms with Crippen LogP contribution in [-0.2, 0) is 10.1 Å². The van der Waals surface area contributed by atoms with E-state index in [1.54, 1.807) is 0 Å². The molecule has 0 atom stereocenters. The molecule has 0 aliphatic rings. The number of aromatic hydroxyl groups is 1. The average Bonchev–Trinajstić information content (AvgIpc) is 2.14. The first-order chi connectivity index (χ1) is 7.38. The SMILES string of the molecule is Nc1ccc2c(S(=O)(=O)[O-])cc(O)cc2c1.[Na+]. The molecule has 5 nitrogen and oxygen atoms in total. The molecule has 0 saturated carbocycles. The van der Waals surface area contributed by atoms with E-state index in [-0.39, 0.29) is 40.7 Å². The second-order valence-corrected chi connectivity index (χ2v) is 4.73. The molecule has 7 heteroatoms. The maximum Gasteiger partial charge on any atom is 1.00 e. The molecule has 84 valence electrons. The average molecular weight is 261 g/mol. The third-order valence-corrected chi connectivity index (χ3v) is 3.07. The Balaban J connectivity index is 0.00000144. The summed E-state index contributed by atoms with van der Waals surface area (Å²) in [6.07, 6.45) is 0. The molecule has 0 bridgehead atoms. The zero-order chi connectivity index (χ0) is 11.9. The van der Waals surface area contributed by atoms with Gasteiger partial charge in [0.05, 0.1) is 4.90 Å². The normalized spacial score (nSPS) is 11.1. The largest absolute Gasteiger partial charge is 1.00 e. The van der Waals surface area contributed by atoms with Crippen LogP contribution in [0.4, 0.5) is 5.69 Å². The van der Waals surface area contributed by atoms with Gasteiger partial charge in [-0.05, 0) is 35.0 Å². The minimum absolute atomic E-state index is 0. The molecule has 0 heterocycles. The summed E-state index contributed by atoms with van der Waals surface area (Å²) in [6, 6.07) is 6.70. The van der Waals surface area contributed by atoms with Gasteiger partial charge in [0.25, 0.3) is 0 Å². The standard InChI is InChI=1S/C10H9NO4S.Na/c11-7-1-2-9-6(3-7)4-8(12)5-10(9)16(13,14)15;/h1-5,12H,11H2,(H,13,14,15);/q;+1/p-1. The van der Waals surface area contributed by atoms with E-state index in [2.05, 4.69) is 0 Å². The summed E-state index contributed by atoms with van der Waals surface area (Å²) < 4.78 is 33.0. The third kappa shape index (κ3) is 2.91. The van der Waals surface area contributed by atoms with Gasteiger partial charge in [-0.25, -0.2) is 8.42 Å². The Bertz CT molecular complexity index is 664. The predicted molar refractivity (Wildman–Crippen MR) is 58.0 cm³/mol. The van der Waals surface area contributed by atoms with E-state index in [4.69, 9.17) is 5.73 Å². The van der Waals surface area contributed by atoms with Crippen molar-refractivity contribution in [2.24, 2.45) is 0 Å². The Morgan fingerprint density at radius 2 is 1.82 bits per heavy atom. The Morgan fingerprint density at radius 1 is 1.18 bits per heavy atom. The van der Waals surface area contributed by atoms with Crippen LogP contribution in [0.25, 0.3) is 10.8 Å². The van der Waals surface area contributed by atoms with Gasteiger partial charge in [-0.15, -0.1) is 0 Å². The van der Waals surface area contributed by atoms with Crippen LogP contribution < -0.4 is 35.3 Å². The Kier molecular flexibility index (Phi) is 4.06. The molecule has 0 aliphatic heterocycles. The van der Waals surface area contributed by atoms with Gasteiger partial charge in [0.15, 0.2) is 0 Å². The number of phenols is 1. The first-order valence-corrected chi connectivity index (χ1v) is 5.77. The Hall–Kier alpha value is -0.790. The summed E-state index contributed by atoms with van der Waals surface area (Å²) in [5.74, 6) is -0.285. The van der Waals surface area contributed by atoms with Crippen molar-refractivity contribution in [1.82, 2.24) is 0 Å². The van der Waals surface area contributed by atoms with Crippen molar-refractivity contribution < 1.29 is 47.6 Å². The summed E-state index contributed by atoms with van der Waals surface area (Å²) in [5, 5.41) is 9.98. The van der Waals surface area contributed by atoms with Crippen molar-refractivity contribution in [3.8, 4) is 5.75 Å². The van der Waals surface area contributed by atoms with Crippen molar-refractivity contribution in [2.75, 3.05) is 5.73 Å². The fraction of sp³-hybridized carbons (Fsp3) is 0. The number of benzene rings is 2. The number of hydrogen-bond donors (Lipinski definition) is 2. The van der Waals surface area contributed by atoms with Crippen molar-refractivity contribution in [2.45, 2.75) is 4.90 Å². The zero-order valence-corrected chi connectivity index (χ0v) is 11.9. The molecule has 0 aliphatic carbocycles. The molecule has 2 aromatic carbocycles. The maximum absolute atomic E-state index is 11.0. The van der Waals surface area contributed by atoms with Crippen LogP contribution in [0, 0.1) is 0 Å². The van der Waals surface area contributed by atoms with Crippen molar-refractivity contribution in [1.29, 1.82) is 0 Å². The first-order valence-electron chi connectivity index (χ1n) is 4.36. The van der Waals surface area contributed by atoms with Crippen LogP contribution in [0.1, 0.15) is 0 Å². The second kappa shape index (κ2) is 4.83. The fourth-order valence-electron chi connectivity index (χ4n) is 1.54. The molecule has 0 fully saturated rings. The van der Waals surface area contributed by atoms with Crippen LogP contribution in [0.5, 0.6) is 5.75 Å². The van der Waals surface area contributed by atoms with E-state index >= 15 is 0 Å². The molecular formula is C10H8NNaO4S. The number of phenolic OH excluding ortho intramolecular Hbond substituents is 1. The Morgan fingerprint density at radius 3 is 2.41 bits per heavy atom. The molecule has 0 aromatic heterocycles. The van der Waals surface area contributed by atoms with Crippen molar-refractivity contribution in [3.05, 3.63) is 30.3 Å². The van der Waals surface area contributed by atoms with Crippen LogP contribution in [0.15, 0.2) is 35.2 Å². The quantitative estimate of drug-likeness (QED) is 0.352. The number of nitrogens with two attached hydrogens (primary N) is 1. The zero-order valence-electron chi connectivity index (χ0n) is 9.04. The molecule has 0 unspecified atom stereocenters. The summed E-state index contributed by atoms with van der Waals surface area (Å²) in [6.45, 7) is 0. The van der Waals surface area contributed by atoms with E-state index in [1.165, 1.54) is 24.3 Å². The van der Waals surface area contributed by atoms with Crippen molar-refractivity contribution in [3.63, 3.8) is 0 Å². The van der Waals surface area contributed by atoms with Crippen LogP contribution in [0.3, 0.4) is 0 Å². The second-order valence-electron chi connectivity index (χ2n) is 3.38. The molecule has 0 saturated heterocycles. The van der Waals surface area contributed by atoms with E-state index in [0.29, 0.717) is 11.1 Å². The number of anilines is 1. The number of nitrogen functional groups attached to an aromatic ring is 1. The van der Waals surface area contributed by atoms with E-state index in [0.717, 1.165) is 6.07 Å². The first kappa shape index (κ1) is 14.3. The number of hydrogen-bond acceptors (Lipinski definition) is 5. The summed E-state index contributed by atoms with van der Waals surface area (Å²) in [4.78, 5) is -0.442. The number of rotatable bonds is 1. The minimum atomic E-state index is -4.62. The Labute approximate surface area is 120 Å². The number of fused-ring (bicyclic) bond motifs is 1. The third-order valence-electron chi connectivity index (χ3n) is 2.19. The predicted octanol–water partition coefficient (Wildman–Crippen LogP) is -1.96. The van der Waals surface area contributed by atoms with E-state index in [1.807, 2.05) is 0 Å². The van der Waals surface area contributed by atoms with Gasteiger partial charge in [0.2, 0.25) is 0 Å². The molecular weight excluding hydrogens is 253 g/mol. The maximum atomic E-state index is 11.0. The van der Waals surface area contributed by atoms with Gasteiger partial charge in [-0.1, -0.05) is 6.07 Å². The van der Waals surface area contributed by atoms with E-state index < -0.39 is 15.0 Å². The minimum Gasteiger partial charge on any atom is -0.744 e. The van der Waals surface area contributed by atoms with Gasteiger partial charge in [0, 0.05) is 5.69 Å². The van der Waals surface area contributed by atoms with Gasteiger partial charge in [-0.2, -0.15) is 0 Å². The molecule has 0 amide bonds. The molecule has 0 radical (unpaired) electrons. The molecule has 2 rings (SSSR count). The van der Waals surface area contributed by atoms with E-state index in [9.17, 15) is 18.1 Å². The van der Waals surface area contributed by atoms with Gasteiger partial charge < -0.3 is 15.4 Å². The van der Waals surface area contributed by atoms with Crippen molar-refractivity contribution >= 4 is 26.6 Å². The van der Waals surface area contributed by atoms with Gasteiger partial charge >= 0.3 is 29.6 Å². The molecule has 0 spiro atoms. The summed E-state index contributed by atoms with van der Waals surface area (Å²) in [7, 11) is -4.62. The topological polar surface area (TPSA) is 103 Å². The molecule has 17 heavy (non-hydrogen) atoms. The van der Waals surface area contributed by atoms with Crippen LogP contribution >= 0.6 is 0 Å². The van der Waals surface area contributed by atoms with Gasteiger partial charge in [-0.3, -0.25) is 0 Å². The monoisotopic (exact) mass is 261 g/mol. The van der Waals surface area contributed by atoms with Crippen LogP contribution in [-0.4, -0.2) is 18.1 Å². The summed E-state index contributed by atoms with van der Waals surface area (Å²) in [5.41, 5.74) is 5.95. The van der Waals surface area contributed by atoms with Crippen LogP contribution in [0.2, 0.25) is 0 Å². The van der Waals surface area contributed by atoms with Gasteiger partial charge in [0.1, 0.15) is 15.9 Å². The smallest absolute Gasteiger partial charge is 0.744 e.